The molecule has 0 unspecified atom stereocenters. The molecule has 1 fully saturated rings. The molecule has 0 spiro atoms. The number of methoxy groups -OCH3 is 1. The van der Waals surface area contributed by atoms with Gasteiger partial charge in [-0.2, -0.15) is 5.10 Å². The Morgan fingerprint density at radius 2 is 1.78 bits per heavy atom. The van der Waals surface area contributed by atoms with Gasteiger partial charge in [-0.15, -0.1) is 0 Å². The van der Waals surface area contributed by atoms with Crippen LogP contribution in [0.3, 0.4) is 0 Å². The Bertz CT molecular complexity index is 1210. The van der Waals surface area contributed by atoms with Gasteiger partial charge in [0.15, 0.2) is 0 Å². The average Bonchev–Trinajstić information content (AvgIpc) is 3.29. The number of aromatic nitrogens is 2. The molecule has 1 aliphatic rings. The molecule has 9 nitrogen and oxygen atoms in total. The average molecular weight is 491 g/mol. The highest BCUT2D eigenvalue weighted by Gasteiger charge is 2.19. The molecule has 1 aliphatic heterocycles. The molecule has 3 N–H and O–H groups in total. The zero-order valence-corrected chi connectivity index (χ0v) is 21.2. The molecule has 4 rings (SSSR count). The van der Waals surface area contributed by atoms with Crippen LogP contribution in [0.4, 0.5) is 11.5 Å². The van der Waals surface area contributed by atoms with E-state index in [0.717, 1.165) is 39.1 Å². The molecule has 2 aromatic carbocycles. The van der Waals surface area contributed by atoms with E-state index in [1.165, 1.54) is 34.8 Å². The number of amides is 1. The van der Waals surface area contributed by atoms with Crippen molar-refractivity contribution in [3.63, 3.8) is 0 Å². The standard InChI is InChI=1S/C27H34N6O3/c1-19-5-6-20(2)24(17-19)32-15-13-31(14-16-32)12-4-11-29-26(34)21-7-9-22(10-8-21)33-25(28)23(18-30-33)27(35)36-3/h5-10,17-18H,4,11-16,28H2,1-3H3,(H,29,34). The van der Waals surface area contributed by atoms with Gasteiger partial charge >= 0.3 is 5.97 Å². The van der Waals surface area contributed by atoms with E-state index in [9.17, 15) is 9.59 Å². The van der Waals surface area contributed by atoms with E-state index in [1.807, 2.05) is 0 Å². The Balaban J connectivity index is 1.21. The van der Waals surface area contributed by atoms with Crippen molar-refractivity contribution >= 4 is 23.4 Å². The lowest BCUT2D eigenvalue weighted by Gasteiger charge is -2.37. The number of carbonyl (C=O) groups excluding carboxylic acids is 2. The third kappa shape index (κ3) is 5.68. The van der Waals surface area contributed by atoms with Crippen molar-refractivity contribution in [2.45, 2.75) is 20.3 Å². The van der Waals surface area contributed by atoms with Crippen molar-refractivity contribution in [3.8, 4) is 5.69 Å². The van der Waals surface area contributed by atoms with Gasteiger partial charge in [0.2, 0.25) is 0 Å². The summed E-state index contributed by atoms with van der Waals surface area (Å²) in [5, 5.41) is 7.15. The predicted molar refractivity (Wildman–Crippen MR) is 141 cm³/mol. The number of rotatable bonds is 8. The summed E-state index contributed by atoms with van der Waals surface area (Å²) in [5.74, 6) is -0.475. The highest BCUT2D eigenvalue weighted by Crippen LogP contribution is 2.23. The van der Waals surface area contributed by atoms with Crippen molar-refractivity contribution in [3.05, 3.63) is 70.9 Å². The molecular weight excluding hydrogens is 456 g/mol. The first-order chi connectivity index (χ1) is 17.4. The molecule has 1 amide bonds. The van der Waals surface area contributed by atoms with Gasteiger partial charge in [-0.25, -0.2) is 9.48 Å². The van der Waals surface area contributed by atoms with Crippen molar-refractivity contribution < 1.29 is 14.3 Å². The lowest BCUT2D eigenvalue weighted by atomic mass is 10.1. The fourth-order valence-electron chi connectivity index (χ4n) is 4.46. The van der Waals surface area contributed by atoms with Gasteiger partial charge in [0, 0.05) is 44.0 Å². The van der Waals surface area contributed by atoms with Crippen molar-refractivity contribution in [2.75, 3.05) is 57.0 Å². The Hall–Kier alpha value is -3.85. The first-order valence-electron chi connectivity index (χ1n) is 12.2. The maximum absolute atomic E-state index is 12.6. The molecule has 9 heteroatoms. The van der Waals surface area contributed by atoms with E-state index in [1.54, 1.807) is 24.3 Å². The zero-order chi connectivity index (χ0) is 25.7. The smallest absolute Gasteiger partial charge is 0.343 e. The molecule has 36 heavy (non-hydrogen) atoms. The molecule has 0 bridgehead atoms. The van der Waals surface area contributed by atoms with Crippen LogP contribution >= 0.6 is 0 Å². The van der Waals surface area contributed by atoms with Gasteiger partial charge in [0.05, 0.1) is 19.0 Å². The fraction of sp³-hybridized carbons (Fsp3) is 0.370. The van der Waals surface area contributed by atoms with Gasteiger partial charge in [-0.3, -0.25) is 9.69 Å². The van der Waals surface area contributed by atoms with Crippen LogP contribution in [-0.2, 0) is 4.74 Å². The number of aryl methyl sites for hydroxylation is 2. The first-order valence-corrected chi connectivity index (χ1v) is 12.2. The minimum Gasteiger partial charge on any atom is -0.465 e. The minimum absolute atomic E-state index is 0.120. The highest BCUT2D eigenvalue weighted by atomic mass is 16.5. The molecule has 2 heterocycles. The number of anilines is 2. The van der Waals surface area contributed by atoms with Crippen LogP contribution in [0, 0.1) is 13.8 Å². The Morgan fingerprint density at radius 3 is 2.47 bits per heavy atom. The Kier molecular flexibility index (Phi) is 7.90. The van der Waals surface area contributed by atoms with Crippen molar-refractivity contribution in [1.29, 1.82) is 0 Å². The predicted octanol–water partition coefficient (Wildman–Crippen LogP) is 2.80. The summed E-state index contributed by atoms with van der Waals surface area (Å²) in [6.45, 7) is 9.97. The molecule has 0 atom stereocenters. The molecule has 1 saturated heterocycles. The molecule has 0 radical (unpaired) electrons. The van der Waals surface area contributed by atoms with Crippen LogP contribution in [0.15, 0.2) is 48.7 Å². The lowest BCUT2D eigenvalue weighted by Crippen LogP contribution is -2.47. The number of hydrogen-bond donors (Lipinski definition) is 2. The number of ether oxygens (including phenoxy) is 1. The van der Waals surface area contributed by atoms with E-state index in [4.69, 9.17) is 10.5 Å². The summed E-state index contributed by atoms with van der Waals surface area (Å²) >= 11 is 0. The lowest BCUT2D eigenvalue weighted by molar-refractivity contribution is 0.0601. The summed E-state index contributed by atoms with van der Waals surface area (Å²) in [6, 6.07) is 13.6. The molecule has 190 valence electrons. The molecule has 0 saturated carbocycles. The van der Waals surface area contributed by atoms with E-state index in [0.29, 0.717) is 17.8 Å². The van der Waals surface area contributed by atoms with E-state index >= 15 is 0 Å². The number of benzene rings is 2. The summed E-state index contributed by atoms with van der Waals surface area (Å²) in [5.41, 5.74) is 11.4. The second-order valence-electron chi connectivity index (χ2n) is 9.12. The number of nitrogens with two attached hydrogens (primary N) is 1. The Morgan fingerprint density at radius 1 is 1.06 bits per heavy atom. The SMILES string of the molecule is COC(=O)c1cnn(-c2ccc(C(=O)NCCCN3CCN(c4cc(C)ccc4C)CC3)cc2)c1N. The maximum Gasteiger partial charge on any atom is 0.343 e. The van der Waals surface area contributed by atoms with E-state index in [-0.39, 0.29) is 17.3 Å². The molecular formula is C27H34N6O3. The summed E-state index contributed by atoms with van der Waals surface area (Å²) < 4.78 is 6.14. The number of nitrogens with one attached hydrogen (secondary N) is 1. The van der Waals surface area contributed by atoms with Crippen LogP contribution < -0.4 is 16.0 Å². The third-order valence-electron chi connectivity index (χ3n) is 6.60. The molecule has 1 aromatic heterocycles. The van der Waals surface area contributed by atoms with Gasteiger partial charge in [-0.1, -0.05) is 12.1 Å². The number of esters is 1. The fourth-order valence-corrected chi connectivity index (χ4v) is 4.46. The van der Waals surface area contributed by atoms with Crippen LogP contribution in [-0.4, -0.2) is 72.9 Å². The quantitative estimate of drug-likeness (QED) is 0.369. The highest BCUT2D eigenvalue weighted by molar-refractivity contribution is 5.95. The van der Waals surface area contributed by atoms with Crippen LogP contribution in [0.25, 0.3) is 5.69 Å². The summed E-state index contributed by atoms with van der Waals surface area (Å²) in [4.78, 5) is 29.2. The maximum atomic E-state index is 12.6. The monoisotopic (exact) mass is 490 g/mol. The number of hydrogen-bond acceptors (Lipinski definition) is 7. The van der Waals surface area contributed by atoms with Crippen molar-refractivity contribution in [1.82, 2.24) is 20.0 Å². The number of nitrogens with zero attached hydrogens (tertiary/aromatic N) is 4. The number of piperazine rings is 1. The van der Waals surface area contributed by atoms with Crippen LogP contribution in [0.2, 0.25) is 0 Å². The third-order valence-corrected chi connectivity index (χ3v) is 6.60. The second-order valence-corrected chi connectivity index (χ2v) is 9.12. The summed E-state index contributed by atoms with van der Waals surface area (Å²) in [6.07, 6.45) is 2.26. The van der Waals surface area contributed by atoms with Gasteiger partial charge in [-0.05, 0) is 68.3 Å². The second kappa shape index (κ2) is 11.3. The van der Waals surface area contributed by atoms with Crippen LogP contribution in [0.1, 0.15) is 38.3 Å². The van der Waals surface area contributed by atoms with Gasteiger partial charge in [0.1, 0.15) is 11.4 Å². The van der Waals surface area contributed by atoms with Gasteiger partial charge in [0.25, 0.3) is 5.91 Å². The normalized spacial score (nSPS) is 14.0. The number of carbonyl (C=O) groups is 2. The first kappa shape index (κ1) is 25.2. The van der Waals surface area contributed by atoms with Gasteiger partial charge < -0.3 is 20.7 Å². The Labute approximate surface area is 211 Å². The van der Waals surface area contributed by atoms with Crippen LogP contribution in [0.5, 0.6) is 0 Å². The summed E-state index contributed by atoms with van der Waals surface area (Å²) in [7, 11) is 1.29. The topological polar surface area (TPSA) is 106 Å². The molecule has 3 aromatic rings. The van der Waals surface area contributed by atoms with Crippen molar-refractivity contribution in [2.24, 2.45) is 0 Å². The van der Waals surface area contributed by atoms with E-state index < -0.39 is 5.97 Å². The number of nitrogen functional groups attached to an aromatic ring is 1. The largest absolute Gasteiger partial charge is 0.465 e. The van der Waals surface area contributed by atoms with E-state index in [2.05, 4.69) is 52.3 Å². The minimum atomic E-state index is -0.544. The molecule has 0 aliphatic carbocycles. The zero-order valence-electron chi connectivity index (χ0n) is 21.2.